The summed E-state index contributed by atoms with van der Waals surface area (Å²) in [6.45, 7) is 0. The summed E-state index contributed by atoms with van der Waals surface area (Å²) >= 11 is 0. The van der Waals surface area contributed by atoms with E-state index in [1.54, 1.807) is 0 Å². The van der Waals surface area contributed by atoms with Crippen LogP contribution in [0.15, 0.2) is 0 Å². The van der Waals surface area contributed by atoms with Crippen molar-refractivity contribution in [1.29, 1.82) is 0 Å². The Bertz CT molecular complexity index is 8.00. The molecule has 0 saturated heterocycles. The van der Waals surface area contributed by atoms with E-state index in [9.17, 15) is 0 Å². The van der Waals surface area contributed by atoms with Crippen LogP contribution in [0.2, 0.25) is 0 Å². The lowest BCUT2D eigenvalue weighted by Gasteiger charge is -2.05. The minimum Gasteiger partial charge on any atom is -0.0533 e. The number of hydrogen-bond acceptors (Lipinski definition) is 0. The zero-order valence-electron chi connectivity index (χ0n) is 2.83. The molecule has 0 bridgehead atoms. The molecule has 1 saturated carbocycles. The molecule has 1 rings (SSSR count). The number of hydrogen-bond donors (Lipinski definition) is 0. The van der Waals surface area contributed by atoms with Gasteiger partial charge in [-0.05, 0) is 0 Å². The maximum absolute atomic E-state index is 1.50. The van der Waals surface area contributed by atoms with E-state index < -0.39 is 0 Å². The highest BCUT2D eigenvalue weighted by Gasteiger charge is 1.95. The fourth-order valence-corrected chi connectivity index (χ4v) is 0.250. The average Bonchev–Trinajstić information content (AvgIpc) is 0.722. The Labute approximate surface area is 26.8 Å². The third-order valence-electron chi connectivity index (χ3n) is 1.000. The minimum absolute atomic E-state index is 1.50. The van der Waals surface area contributed by atoms with E-state index in [0.717, 1.165) is 0 Å². The summed E-state index contributed by atoms with van der Waals surface area (Å²) in [5.74, 6) is 0. The lowest BCUT2D eigenvalue weighted by atomic mass is 10.0. The lowest BCUT2D eigenvalue weighted by Crippen LogP contribution is -1.85. The summed E-state index contributed by atoms with van der Waals surface area (Å²) in [5, 5.41) is 0. The van der Waals surface area contributed by atoms with E-state index in [0.29, 0.717) is 0 Å². The monoisotopic (exact) mass is 56.1 g/mol. The summed E-state index contributed by atoms with van der Waals surface area (Å²) in [5.41, 5.74) is 0. The fourth-order valence-electron chi connectivity index (χ4n) is 0.250. The third-order valence-corrected chi connectivity index (χ3v) is 1.000. The first-order valence-electron chi connectivity index (χ1n) is 2.00. The molecule has 0 aromatic carbocycles. The van der Waals surface area contributed by atoms with Gasteiger partial charge in [-0.15, -0.1) is 0 Å². The van der Waals surface area contributed by atoms with Gasteiger partial charge in [-0.25, -0.2) is 0 Å². The molecule has 1 aliphatic carbocycles. The molecule has 0 aromatic rings. The summed E-state index contributed by atoms with van der Waals surface area (Å²) < 4.78 is 0. The highest BCUT2D eigenvalue weighted by Crippen LogP contribution is 2.15. The number of rotatable bonds is 0. The maximum Gasteiger partial charge on any atom is -0.0533 e. The second-order valence-corrected chi connectivity index (χ2v) is 1.41. The lowest BCUT2D eigenvalue weighted by molar-refractivity contribution is 0.504. The standard InChI is InChI=1S/C4H8/c1-2-4-3-1/h1-4H2. The minimum atomic E-state index is 1.50. The highest BCUT2D eigenvalue weighted by molar-refractivity contribution is 4.50. The molecule has 0 radical (unpaired) electrons. The molecule has 0 N–H and O–H groups in total. The molecule has 1 aliphatic rings. The molecule has 0 aromatic heterocycles. The van der Waals surface area contributed by atoms with Gasteiger partial charge in [-0.3, -0.25) is 0 Å². The van der Waals surface area contributed by atoms with Gasteiger partial charge in [0.1, 0.15) is 0 Å². The zero-order chi connectivity index (χ0) is 2.83. The van der Waals surface area contributed by atoms with Gasteiger partial charge in [-0.1, -0.05) is 25.7 Å². The average molecular weight is 56.1 g/mol. The summed E-state index contributed by atoms with van der Waals surface area (Å²) in [6.07, 6.45) is 6.00. The van der Waals surface area contributed by atoms with Gasteiger partial charge < -0.3 is 0 Å². The van der Waals surface area contributed by atoms with Crippen LogP contribution in [0.3, 0.4) is 0 Å². The first kappa shape index (κ1) is 2.25. The molecule has 4 heavy (non-hydrogen) atoms. The molecule has 24 valence electrons. The molecule has 0 heterocycles. The van der Waals surface area contributed by atoms with Crippen LogP contribution in [0, 0.1) is 0 Å². The molecule has 0 spiro atoms. The SMILES string of the molecule is C1CCC1. The molecule has 0 aliphatic heterocycles. The van der Waals surface area contributed by atoms with Crippen molar-refractivity contribution in [2.45, 2.75) is 25.7 Å². The second-order valence-electron chi connectivity index (χ2n) is 1.41. The van der Waals surface area contributed by atoms with Crippen molar-refractivity contribution in [3.8, 4) is 0 Å². The van der Waals surface area contributed by atoms with Crippen LogP contribution in [-0.2, 0) is 0 Å². The van der Waals surface area contributed by atoms with E-state index in [-0.39, 0.29) is 0 Å². The van der Waals surface area contributed by atoms with Crippen molar-refractivity contribution >= 4 is 0 Å². The van der Waals surface area contributed by atoms with E-state index in [1.165, 1.54) is 25.7 Å². The Morgan fingerprint density at radius 2 is 0.750 bits per heavy atom. The van der Waals surface area contributed by atoms with Crippen LogP contribution in [0.25, 0.3) is 0 Å². The maximum atomic E-state index is 1.50. The predicted octanol–water partition coefficient (Wildman–Crippen LogP) is 1.56. The van der Waals surface area contributed by atoms with E-state index >= 15 is 0 Å². The van der Waals surface area contributed by atoms with E-state index in [2.05, 4.69) is 0 Å². The largest absolute Gasteiger partial charge is 0.0533 e. The van der Waals surface area contributed by atoms with Crippen LogP contribution in [0.1, 0.15) is 25.7 Å². The molecular formula is C4H8. The normalized spacial score (nSPS) is 24.0. The molecule has 1 fully saturated rings. The van der Waals surface area contributed by atoms with Gasteiger partial charge in [0.25, 0.3) is 0 Å². The second kappa shape index (κ2) is 0.750. The van der Waals surface area contributed by atoms with Crippen molar-refractivity contribution in [1.82, 2.24) is 0 Å². The van der Waals surface area contributed by atoms with Crippen molar-refractivity contribution in [2.24, 2.45) is 0 Å². The first-order valence-corrected chi connectivity index (χ1v) is 2.00. The predicted molar refractivity (Wildman–Crippen MR) is 18.5 cm³/mol. The van der Waals surface area contributed by atoms with Crippen molar-refractivity contribution in [3.63, 3.8) is 0 Å². The molecule has 0 amide bonds. The van der Waals surface area contributed by atoms with Crippen LogP contribution in [-0.4, -0.2) is 0 Å². The van der Waals surface area contributed by atoms with Crippen LogP contribution in [0.4, 0.5) is 0 Å². The molecular weight excluding hydrogens is 48.0 g/mol. The summed E-state index contributed by atoms with van der Waals surface area (Å²) in [4.78, 5) is 0. The van der Waals surface area contributed by atoms with Crippen molar-refractivity contribution in [3.05, 3.63) is 0 Å². The Morgan fingerprint density at radius 1 is 0.500 bits per heavy atom. The highest BCUT2D eigenvalue weighted by atomic mass is 14.0. The smallest absolute Gasteiger partial charge is 0.0533 e. The van der Waals surface area contributed by atoms with E-state index in [1.807, 2.05) is 0 Å². The summed E-state index contributed by atoms with van der Waals surface area (Å²) in [7, 11) is 0. The molecule has 0 nitrogen and oxygen atoms in total. The molecule has 0 atom stereocenters. The van der Waals surface area contributed by atoms with Gasteiger partial charge in [0.2, 0.25) is 0 Å². The van der Waals surface area contributed by atoms with Gasteiger partial charge >= 0.3 is 0 Å². The van der Waals surface area contributed by atoms with Crippen LogP contribution >= 0.6 is 0 Å². The Balaban J connectivity index is 2.00. The van der Waals surface area contributed by atoms with E-state index in [4.69, 9.17) is 0 Å². The molecule has 0 heteroatoms. The Kier molecular flexibility index (Phi) is 0.422. The third kappa shape index (κ3) is 0.125. The first-order chi connectivity index (χ1) is 2.00. The fraction of sp³-hybridized carbons (Fsp3) is 1.00. The van der Waals surface area contributed by atoms with Crippen LogP contribution in [0.5, 0.6) is 0 Å². The van der Waals surface area contributed by atoms with Gasteiger partial charge in [0.15, 0.2) is 0 Å². The van der Waals surface area contributed by atoms with Crippen molar-refractivity contribution < 1.29 is 0 Å². The van der Waals surface area contributed by atoms with Crippen molar-refractivity contribution in [2.75, 3.05) is 0 Å². The zero-order valence-corrected chi connectivity index (χ0v) is 2.83. The quantitative estimate of drug-likeness (QED) is 0.395. The topological polar surface area (TPSA) is 0 Å². The summed E-state index contributed by atoms with van der Waals surface area (Å²) in [6, 6.07) is 0. The Hall–Kier alpha value is 0. The van der Waals surface area contributed by atoms with Gasteiger partial charge in [0, 0.05) is 0 Å². The molecule has 0 unspecified atom stereocenters. The Morgan fingerprint density at radius 3 is 0.750 bits per heavy atom. The van der Waals surface area contributed by atoms with Crippen LogP contribution < -0.4 is 0 Å². The van der Waals surface area contributed by atoms with Gasteiger partial charge in [0.05, 0.1) is 0 Å². The van der Waals surface area contributed by atoms with Gasteiger partial charge in [-0.2, -0.15) is 0 Å².